The highest BCUT2D eigenvalue weighted by Crippen LogP contribution is 2.22. The lowest BCUT2D eigenvalue weighted by atomic mass is 10.1. The number of imidazole rings is 1. The van der Waals surface area contributed by atoms with E-state index in [9.17, 15) is 4.79 Å². The molecule has 0 spiro atoms. The summed E-state index contributed by atoms with van der Waals surface area (Å²) in [5.74, 6) is 0.948. The average Bonchev–Trinajstić information content (AvgIpc) is 2.74. The number of hydrogen-bond donors (Lipinski definition) is 1. The van der Waals surface area contributed by atoms with E-state index in [-0.39, 0.29) is 23.9 Å². The number of methoxy groups -OCH3 is 1. The monoisotopic (exact) mass is 311 g/mol. The summed E-state index contributed by atoms with van der Waals surface area (Å²) in [4.78, 5) is 24.6. The van der Waals surface area contributed by atoms with Gasteiger partial charge in [-0.1, -0.05) is 0 Å². The van der Waals surface area contributed by atoms with Crippen molar-refractivity contribution in [2.24, 2.45) is 0 Å². The van der Waals surface area contributed by atoms with Crippen molar-refractivity contribution in [3.8, 4) is 5.88 Å². The molecule has 2 heterocycles. The van der Waals surface area contributed by atoms with Crippen molar-refractivity contribution >= 4 is 28.7 Å². The van der Waals surface area contributed by atoms with Crippen molar-refractivity contribution in [1.82, 2.24) is 24.8 Å². The van der Waals surface area contributed by atoms with Crippen molar-refractivity contribution in [3.05, 3.63) is 12.2 Å². The number of aromatic nitrogens is 4. The largest absolute Gasteiger partial charge is 0.479 e. The van der Waals surface area contributed by atoms with Crippen molar-refractivity contribution in [3.63, 3.8) is 0 Å². The van der Waals surface area contributed by atoms with Crippen LogP contribution in [0.15, 0.2) is 6.33 Å². The molecule has 0 aliphatic rings. The Hall–Kier alpha value is -1.89. The van der Waals surface area contributed by atoms with Crippen LogP contribution in [0.1, 0.15) is 26.6 Å². The molecule has 0 bridgehead atoms. The Labute approximate surface area is 127 Å². The van der Waals surface area contributed by atoms with Crippen LogP contribution < -0.4 is 10.1 Å². The lowest BCUT2D eigenvalue weighted by molar-refractivity contribution is -0.123. The van der Waals surface area contributed by atoms with Gasteiger partial charge in [0.25, 0.3) is 0 Å². The van der Waals surface area contributed by atoms with Crippen LogP contribution in [0, 0.1) is 0 Å². The number of halogens is 1. The van der Waals surface area contributed by atoms with Crippen molar-refractivity contribution in [2.45, 2.75) is 38.7 Å². The first-order valence-electron chi connectivity index (χ1n) is 6.47. The van der Waals surface area contributed by atoms with Crippen LogP contribution in [0.5, 0.6) is 5.88 Å². The van der Waals surface area contributed by atoms with Gasteiger partial charge in [-0.05, 0) is 20.8 Å². The third-order valence-electron chi connectivity index (χ3n) is 2.71. The quantitative estimate of drug-likeness (QED) is 0.865. The smallest absolute Gasteiger partial charge is 0.245 e. The van der Waals surface area contributed by atoms with Crippen LogP contribution >= 0.6 is 11.6 Å². The van der Waals surface area contributed by atoms with Crippen molar-refractivity contribution in [2.75, 3.05) is 7.11 Å². The molecule has 0 saturated carbocycles. The maximum Gasteiger partial charge on any atom is 0.245 e. The highest BCUT2D eigenvalue weighted by Gasteiger charge is 2.20. The van der Waals surface area contributed by atoms with Gasteiger partial charge in [-0.2, -0.15) is 4.98 Å². The van der Waals surface area contributed by atoms with E-state index in [1.54, 1.807) is 4.57 Å². The minimum Gasteiger partial charge on any atom is -0.479 e. The second-order valence-electron chi connectivity index (χ2n) is 5.60. The van der Waals surface area contributed by atoms with Crippen molar-refractivity contribution in [1.29, 1.82) is 0 Å². The van der Waals surface area contributed by atoms with Crippen LogP contribution in [0.3, 0.4) is 0 Å². The number of ether oxygens (including phenoxy) is 1. The van der Waals surface area contributed by atoms with E-state index in [1.165, 1.54) is 13.4 Å². The summed E-state index contributed by atoms with van der Waals surface area (Å²) in [7, 11) is 1.51. The molecule has 0 fully saturated rings. The molecule has 0 radical (unpaired) electrons. The molecule has 114 valence electrons. The molecule has 21 heavy (non-hydrogen) atoms. The molecule has 7 nitrogen and oxygen atoms in total. The number of nitrogens with one attached hydrogen (secondary N) is 1. The number of carbonyl (C=O) groups is 1. The highest BCUT2D eigenvalue weighted by molar-refractivity contribution is 6.16. The summed E-state index contributed by atoms with van der Waals surface area (Å²) >= 11 is 5.91. The zero-order valence-corrected chi connectivity index (χ0v) is 13.2. The van der Waals surface area contributed by atoms with Crippen LogP contribution in [0.2, 0.25) is 0 Å². The maximum absolute atomic E-state index is 12.1. The molecule has 0 saturated heterocycles. The number of rotatable bonds is 4. The molecule has 8 heteroatoms. The van der Waals surface area contributed by atoms with Gasteiger partial charge in [0.05, 0.1) is 13.0 Å². The molecule has 2 rings (SSSR count). The Morgan fingerprint density at radius 2 is 2.14 bits per heavy atom. The van der Waals surface area contributed by atoms with Crippen LogP contribution in [-0.4, -0.2) is 38.1 Å². The van der Waals surface area contributed by atoms with E-state index in [0.717, 1.165) is 0 Å². The molecule has 1 amide bonds. The third kappa shape index (κ3) is 3.41. The fraction of sp³-hybridized carbons (Fsp3) is 0.538. The van der Waals surface area contributed by atoms with E-state index in [4.69, 9.17) is 16.3 Å². The normalized spacial score (nSPS) is 11.7. The number of hydrogen-bond acceptors (Lipinski definition) is 5. The highest BCUT2D eigenvalue weighted by atomic mass is 35.5. The first kappa shape index (κ1) is 15.5. The average molecular weight is 312 g/mol. The molecular weight excluding hydrogens is 294 g/mol. The second-order valence-corrected chi connectivity index (χ2v) is 5.87. The topological polar surface area (TPSA) is 81.9 Å². The molecule has 2 aromatic rings. The Balaban J connectivity index is 2.41. The van der Waals surface area contributed by atoms with Gasteiger partial charge in [0.1, 0.15) is 18.7 Å². The second kappa shape index (κ2) is 5.85. The minimum atomic E-state index is -0.304. The predicted octanol–water partition coefficient (Wildman–Crippen LogP) is 1.49. The summed E-state index contributed by atoms with van der Waals surface area (Å²) in [5.41, 5.74) is 0.724. The van der Waals surface area contributed by atoms with Gasteiger partial charge in [-0.3, -0.25) is 4.79 Å². The van der Waals surface area contributed by atoms with Gasteiger partial charge in [-0.15, -0.1) is 11.6 Å². The Kier molecular flexibility index (Phi) is 4.32. The van der Waals surface area contributed by atoms with Gasteiger partial charge >= 0.3 is 0 Å². The molecule has 0 unspecified atom stereocenters. The molecule has 0 aromatic carbocycles. The lowest BCUT2D eigenvalue weighted by Crippen LogP contribution is -2.42. The van der Waals surface area contributed by atoms with Gasteiger partial charge in [0.2, 0.25) is 11.8 Å². The van der Waals surface area contributed by atoms with E-state index in [2.05, 4.69) is 20.3 Å². The van der Waals surface area contributed by atoms with Gasteiger partial charge < -0.3 is 14.6 Å². The SMILES string of the molecule is COc1ncnc2c1nc(CCl)n2CC(=O)NC(C)(C)C. The molecule has 0 atom stereocenters. The Bertz CT molecular complexity index is 662. The number of alkyl halides is 1. The van der Waals surface area contributed by atoms with Crippen molar-refractivity contribution < 1.29 is 9.53 Å². The predicted molar refractivity (Wildman–Crippen MR) is 79.3 cm³/mol. The van der Waals surface area contributed by atoms with Crippen LogP contribution in [-0.2, 0) is 17.2 Å². The number of nitrogens with zero attached hydrogens (tertiary/aromatic N) is 4. The van der Waals surface area contributed by atoms with Gasteiger partial charge in [0.15, 0.2) is 11.2 Å². The van der Waals surface area contributed by atoms with E-state index < -0.39 is 0 Å². The molecule has 0 aliphatic carbocycles. The molecule has 2 aromatic heterocycles. The van der Waals surface area contributed by atoms with Gasteiger partial charge in [-0.25, -0.2) is 9.97 Å². The summed E-state index contributed by atoms with van der Waals surface area (Å²) in [6.07, 6.45) is 1.37. The number of carbonyl (C=O) groups excluding carboxylic acids is 1. The first-order valence-corrected chi connectivity index (χ1v) is 7.00. The van der Waals surface area contributed by atoms with E-state index in [1.807, 2.05) is 20.8 Å². The molecular formula is C13H18ClN5O2. The van der Waals surface area contributed by atoms with E-state index >= 15 is 0 Å². The third-order valence-corrected chi connectivity index (χ3v) is 2.95. The minimum absolute atomic E-state index is 0.0932. The fourth-order valence-electron chi connectivity index (χ4n) is 1.98. The lowest BCUT2D eigenvalue weighted by Gasteiger charge is -2.20. The summed E-state index contributed by atoms with van der Waals surface area (Å²) < 4.78 is 6.83. The summed E-state index contributed by atoms with van der Waals surface area (Å²) in [5, 5.41) is 2.90. The molecule has 1 N–H and O–H groups in total. The standard InChI is InChI=1S/C13H18ClN5O2/c1-13(2,3)18-9(20)6-19-8(5-14)17-10-11(19)15-7-16-12(10)21-4/h7H,5-6H2,1-4H3,(H,18,20). The summed E-state index contributed by atoms with van der Waals surface area (Å²) in [6.45, 7) is 5.86. The fourth-order valence-corrected chi connectivity index (χ4v) is 2.18. The van der Waals surface area contributed by atoms with E-state index in [0.29, 0.717) is 22.9 Å². The Morgan fingerprint density at radius 3 is 2.71 bits per heavy atom. The first-order chi connectivity index (χ1) is 9.85. The zero-order chi connectivity index (χ0) is 15.6. The zero-order valence-electron chi connectivity index (χ0n) is 12.5. The number of fused-ring (bicyclic) bond motifs is 1. The van der Waals surface area contributed by atoms with Crippen LogP contribution in [0.4, 0.5) is 0 Å². The number of amides is 1. The summed E-state index contributed by atoms with van der Waals surface area (Å²) in [6, 6.07) is 0. The van der Waals surface area contributed by atoms with Gasteiger partial charge in [0, 0.05) is 5.54 Å². The Morgan fingerprint density at radius 1 is 1.43 bits per heavy atom. The van der Waals surface area contributed by atoms with Crippen LogP contribution in [0.25, 0.3) is 11.2 Å². The molecule has 0 aliphatic heterocycles. The maximum atomic E-state index is 12.1.